The van der Waals surface area contributed by atoms with Crippen molar-refractivity contribution in [2.75, 3.05) is 5.73 Å². The van der Waals surface area contributed by atoms with Crippen molar-refractivity contribution in [3.05, 3.63) is 58.7 Å². The van der Waals surface area contributed by atoms with E-state index in [0.29, 0.717) is 22.6 Å². The summed E-state index contributed by atoms with van der Waals surface area (Å²) in [6.45, 7) is 16.8. The number of ketones is 1. The van der Waals surface area contributed by atoms with Gasteiger partial charge in [0, 0.05) is 22.4 Å². The molecule has 0 aliphatic rings. The maximum absolute atomic E-state index is 12.8. The van der Waals surface area contributed by atoms with Crippen molar-refractivity contribution in [2.45, 2.75) is 85.2 Å². The standard InChI is InChI=1S/C28H39NO3/c1-9-27(5,6)22-17-23(28(7,8)10-2)26(32-18(3)4)21(25(22)31)15-16-24(30)19-11-13-20(29)14-12-19/h11-18,31H,9-10,29H2,1-8H3. The highest BCUT2D eigenvalue weighted by Crippen LogP contribution is 2.47. The smallest absolute Gasteiger partial charge is 0.185 e. The van der Waals surface area contributed by atoms with Gasteiger partial charge < -0.3 is 15.6 Å². The summed E-state index contributed by atoms with van der Waals surface area (Å²) in [5.41, 5.74) is 8.96. The monoisotopic (exact) mass is 437 g/mol. The van der Waals surface area contributed by atoms with Crippen molar-refractivity contribution >= 4 is 17.5 Å². The Kier molecular flexibility index (Phi) is 7.82. The van der Waals surface area contributed by atoms with Gasteiger partial charge in [0.2, 0.25) is 0 Å². The molecule has 174 valence electrons. The van der Waals surface area contributed by atoms with E-state index in [0.717, 1.165) is 24.0 Å². The fourth-order valence-electron chi connectivity index (χ4n) is 3.50. The van der Waals surface area contributed by atoms with Gasteiger partial charge in [-0.1, -0.05) is 41.5 Å². The summed E-state index contributed by atoms with van der Waals surface area (Å²) >= 11 is 0. The maximum atomic E-state index is 12.8. The van der Waals surface area contributed by atoms with Crippen LogP contribution in [-0.2, 0) is 10.8 Å². The van der Waals surface area contributed by atoms with Crippen molar-refractivity contribution in [1.29, 1.82) is 0 Å². The van der Waals surface area contributed by atoms with Gasteiger partial charge in [0.1, 0.15) is 11.5 Å². The number of carbonyl (C=O) groups is 1. The zero-order chi connectivity index (χ0) is 24.3. The summed E-state index contributed by atoms with van der Waals surface area (Å²) in [5, 5.41) is 11.4. The van der Waals surface area contributed by atoms with Gasteiger partial charge in [-0.25, -0.2) is 0 Å². The van der Waals surface area contributed by atoms with Crippen molar-refractivity contribution in [3.8, 4) is 11.5 Å². The number of rotatable bonds is 9. The first-order valence-corrected chi connectivity index (χ1v) is 11.5. The van der Waals surface area contributed by atoms with E-state index in [1.54, 1.807) is 30.3 Å². The SMILES string of the molecule is CCC(C)(C)c1cc(C(C)(C)CC)c(OC(C)C)c(C=CC(=O)c2ccc(N)cc2)c1O. The Labute approximate surface area is 193 Å². The van der Waals surface area contributed by atoms with Crippen LogP contribution in [0.5, 0.6) is 11.5 Å². The van der Waals surface area contributed by atoms with E-state index < -0.39 is 0 Å². The van der Waals surface area contributed by atoms with Crippen LogP contribution in [0.25, 0.3) is 6.08 Å². The molecule has 2 aromatic rings. The first-order chi connectivity index (χ1) is 14.8. The van der Waals surface area contributed by atoms with E-state index in [1.165, 1.54) is 6.08 Å². The highest BCUT2D eigenvalue weighted by Gasteiger charge is 2.32. The molecule has 0 radical (unpaired) electrons. The molecule has 32 heavy (non-hydrogen) atoms. The first-order valence-electron chi connectivity index (χ1n) is 11.5. The lowest BCUT2D eigenvalue weighted by atomic mass is 9.74. The van der Waals surface area contributed by atoms with E-state index in [9.17, 15) is 9.90 Å². The van der Waals surface area contributed by atoms with Crippen LogP contribution in [0, 0.1) is 0 Å². The lowest BCUT2D eigenvalue weighted by molar-refractivity contribution is 0.104. The number of phenolic OH excluding ortho intramolecular Hbond substituents is 1. The molecule has 0 unspecified atom stereocenters. The van der Waals surface area contributed by atoms with Crippen LogP contribution >= 0.6 is 0 Å². The second-order valence-corrected chi connectivity index (χ2v) is 10.0. The van der Waals surface area contributed by atoms with E-state index in [4.69, 9.17) is 10.5 Å². The number of hydrogen-bond donors (Lipinski definition) is 2. The number of allylic oxidation sites excluding steroid dienone is 1. The number of benzene rings is 2. The van der Waals surface area contributed by atoms with Gasteiger partial charge in [-0.2, -0.15) is 0 Å². The van der Waals surface area contributed by atoms with E-state index in [1.807, 2.05) is 13.8 Å². The highest BCUT2D eigenvalue weighted by molar-refractivity contribution is 6.07. The quantitative estimate of drug-likeness (QED) is 0.251. The second kappa shape index (κ2) is 9.81. The zero-order valence-electron chi connectivity index (χ0n) is 20.9. The highest BCUT2D eigenvalue weighted by atomic mass is 16.5. The number of nitrogen functional groups attached to an aromatic ring is 1. The summed E-state index contributed by atoms with van der Waals surface area (Å²) < 4.78 is 6.26. The number of phenols is 1. The summed E-state index contributed by atoms with van der Waals surface area (Å²) in [5.74, 6) is 0.655. The molecule has 0 aromatic heterocycles. The first kappa shape index (κ1) is 25.5. The molecule has 0 atom stereocenters. The molecule has 0 aliphatic heterocycles. The Hall–Kier alpha value is -2.75. The number of anilines is 1. The minimum Gasteiger partial charge on any atom is -0.507 e. The largest absolute Gasteiger partial charge is 0.507 e. The Morgan fingerprint density at radius 2 is 1.56 bits per heavy atom. The Bertz CT molecular complexity index is 983. The maximum Gasteiger partial charge on any atom is 0.185 e. The van der Waals surface area contributed by atoms with Crippen LogP contribution in [0.4, 0.5) is 5.69 Å². The zero-order valence-corrected chi connectivity index (χ0v) is 20.9. The number of carbonyl (C=O) groups excluding carboxylic acids is 1. The molecule has 0 spiro atoms. The van der Waals surface area contributed by atoms with Crippen LogP contribution < -0.4 is 10.5 Å². The van der Waals surface area contributed by atoms with Crippen LogP contribution in [0.15, 0.2) is 36.4 Å². The van der Waals surface area contributed by atoms with Gasteiger partial charge >= 0.3 is 0 Å². The normalized spacial score (nSPS) is 12.5. The second-order valence-electron chi connectivity index (χ2n) is 10.0. The van der Waals surface area contributed by atoms with Gasteiger partial charge in [0.05, 0.1) is 11.7 Å². The minimum absolute atomic E-state index is 0.0780. The fourth-order valence-corrected chi connectivity index (χ4v) is 3.50. The van der Waals surface area contributed by atoms with Crippen molar-refractivity contribution in [1.82, 2.24) is 0 Å². The molecule has 0 amide bonds. The summed E-state index contributed by atoms with van der Waals surface area (Å²) in [4.78, 5) is 12.8. The number of hydrogen-bond acceptors (Lipinski definition) is 4. The summed E-state index contributed by atoms with van der Waals surface area (Å²) in [6.07, 6.45) is 4.89. The number of aromatic hydroxyl groups is 1. The van der Waals surface area contributed by atoms with Crippen molar-refractivity contribution in [2.24, 2.45) is 0 Å². The molecule has 0 saturated heterocycles. The molecule has 0 aliphatic carbocycles. The van der Waals surface area contributed by atoms with Crippen LogP contribution in [0.3, 0.4) is 0 Å². The Morgan fingerprint density at radius 3 is 2.06 bits per heavy atom. The molecule has 0 fully saturated rings. The molecule has 4 heteroatoms. The van der Waals surface area contributed by atoms with Gasteiger partial charge in [-0.3, -0.25) is 4.79 Å². The molecular weight excluding hydrogens is 398 g/mol. The third-order valence-electron chi connectivity index (χ3n) is 6.46. The summed E-state index contributed by atoms with van der Waals surface area (Å²) in [7, 11) is 0. The molecule has 0 bridgehead atoms. The van der Waals surface area contributed by atoms with Gasteiger partial charge in [0.15, 0.2) is 5.78 Å². The third kappa shape index (κ3) is 5.53. The molecule has 2 rings (SSSR count). The average molecular weight is 438 g/mol. The molecule has 4 nitrogen and oxygen atoms in total. The lowest BCUT2D eigenvalue weighted by Crippen LogP contribution is -2.23. The molecular formula is C28H39NO3. The van der Waals surface area contributed by atoms with Crippen LogP contribution in [0.2, 0.25) is 0 Å². The van der Waals surface area contributed by atoms with Gasteiger partial charge in [-0.05, 0) is 80.0 Å². The van der Waals surface area contributed by atoms with Crippen LogP contribution in [-0.4, -0.2) is 17.0 Å². The van der Waals surface area contributed by atoms with Crippen molar-refractivity contribution in [3.63, 3.8) is 0 Å². The van der Waals surface area contributed by atoms with Crippen LogP contribution in [0.1, 0.15) is 95.3 Å². The molecule has 3 N–H and O–H groups in total. The number of nitrogens with two attached hydrogens (primary N) is 1. The van der Waals surface area contributed by atoms with E-state index in [2.05, 4.69) is 47.6 Å². The number of ether oxygens (including phenoxy) is 1. The molecule has 0 heterocycles. The van der Waals surface area contributed by atoms with E-state index >= 15 is 0 Å². The topological polar surface area (TPSA) is 72.5 Å². The van der Waals surface area contributed by atoms with Gasteiger partial charge in [0.25, 0.3) is 0 Å². The summed E-state index contributed by atoms with van der Waals surface area (Å²) in [6, 6.07) is 8.92. The molecule has 2 aromatic carbocycles. The predicted octanol–water partition coefficient (Wildman–Crippen LogP) is 7.03. The third-order valence-corrected chi connectivity index (χ3v) is 6.46. The Morgan fingerprint density at radius 1 is 1.03 bits per heavy atom. The van der Waals surface area contributed by atoms with Crippen molar-refractivity contribution < 1.29 is 14.6 Å². The Balaban J connectivity index is 2.76. The fraction of sp³-hybridized carbons (Fsp3) is 0.464. The predicted molar refractivity (Wildman–Crippen MR) is 135 cm³/mol. The average Bonchev–Trinajstić information content (AvgIpc) is 2.73. The molecule has 0 saturated carbocycles. The van der Waals surface area contributed by atoms with Gasteiger partial charge in [-0.15, -0.1) is 0 Å². The lowest BCUT2D eigenvalue weighted by Gasteiger charge is -2.33. The van der Waals surface area contributed by atoms with E-state index in [-0.39, 0.29) is 28.5 Å². The minimum atomic E-state index is -0.234.